The minimum absolute atomic E-state index is 0.464. The molecule has 68 heavy (non-hydrogen) atoms. The first-order chi connectivity index (χ1) is 33.7. The third kappa shape index (κ3) is 5.98. The molecule has 0 radical (unpaired) electrons. The van der Waals surface area contributed by atoms with Crippen molar-refractivity contribution in [1.82, 2.24) is 39.0 Å². The number of fused-ring (bicyclic) bond motifs is 10. The van der Waals surface area contributed by atoms with Crippen LogP contribution in [0.4, 0.5) is 0 Å². The Morgan fingerprint density at radius 3 is 0.956 bits per heavy atom. The number of nitrogens with zero attached hydrogens (tertiary/aromatic N) is 8. The molecule has 0 aliphatic heterocycles. The molecule has 0 saturated heterocycles. The molecule has 0 spiro atoms. The van der Waals surface area contributed by atoms with Gasteiger partial charge >= 0.3 is 0 Å². The average Bonchev–Trinajstić information content (AvgIpc) is 4.15. The van der Waals surface area contributed by atoms with E-state index in [9.17, 15) is 0 Å². The molecular formula is C58H34N8O2. The fourth-order valence-electron chi connectivity index (χ4n) is 9.53. The highest BCUT2D eigenvalue weighted by Crippen LogP contribution is 2.43. The normalized spacial score (nSPS) is 11.8. The predicted octanol–water partition coefficient (Wildman–Crippen LogP) is 14.1. The number of benzene rings is 8. The second kappa shape index (κ2) is 15.0. The zero-order valence-electron chi connectivity index (χ0n) is 36.0. The van der Waals surface area contributed by atoms with E-state index in [0.717, 1.165) is 87.9 Å². The van der Waals surface area contributed by atoms with Crippen molar-refractivity contribution < 1.29 is 8.83 Å². The summed E-state index contributed by atoms with van der Waals surface area (Å²) in [4.78, 5) is 30.5. The van der Waals surface area contributed by atoms with Crippen LogP contribution in [0.1, 0.15) is 0 Å². The van der Waals surface area contributed by atoms with Crippen LogP contribution in [0.25, 0.3) is 135 Å². The van der Waals surface area contributed by atoms with Crippen molar-refractivity contribution >= 4 is 65.9 Å². The van der Waals surface area contributed by atoms with Gasteiger partial charge in [-0.3, -0.25) is 0 Å². The number of para-hydroxylation sites is 2. The summed E-state index contributed by atoms with van der Waals surface area (Å²) < 4.78 is 17.6. The lowest BCUT2D eigenvalue weighted by atomic mass is 10.00. The Morgan fingerprint density at radius 1 is 0.279 bits per heavy atom. The summed E-state index contributed by atoms with van der Waals surface area (Å²) >= 11 is 0. The van der Waals surface area contributed by atoms with Crippen molar-refractivity contribution in [3.8, 4) is 68.6 Å². The quantitative estimate of drug-likeness (QED) is 0.156. The summed E-state index contributed by atoms with van der Waals surface area (Å²) in [5.41, 5.74) is 10.3. The van der Waals surface area contributed by atoms with E-state index in [4.69, 9.17) is 38.7 Å². The van der Waals surface area contributed by atoms with Crippen LogP contribution in [0.3, 0.4) is 0 Å². The zero-order chi connectivity index (χ0) is 44.7. The van der Waals surface area contributed by atoms with Gasteiger partial charge in [0.1, 0.15) is 11.2 Å². The van der Waals surface area contributed by atoms with Crippen molar-refractivity contribution in [2.24, 2.45) is 0 Å². The molecule has 14 rings (SSSR count). The second-order valence-corrected chi connectivity index (χ2v) is 16.7. The maximum absolute atomic E-state index is 6.75. The molecule has 10 heteroatoms. The maximum atomic E-state index is 6.75. The van der Waals surface area contributed by atoms with E-state index in [1.807, 2.05) is 167 Å². The van der Waals surface area contributed by atoms with E-state index >= 15 is 0 Å². The highest BCUT2D eigenvalue weighted by molar-refractivity contribution is 6.22. The van der Waals surface area contributed by atoms with Gasteiger partial charge in [-0.05, 0) is 47.5 Å². The van der Waals surface area contributed by atoms with Crippen molar-refractivity contribution in [3.63, 3.8) is 0 Å². The van der Waals surface area contributed by atoms with Crippen LogP contribution < -0.4 is 0 Å². The van der Waals surface area contributed by atoms with E-state index in [2.05, 4.69) is 48.5 Å². The van der Waals surface area contributed by atoms with E-state index in [-0.39, 0.29) is 0 Å². The minimum Gasteiger partial charge on any atom is -0.439 e. The van der Waals surface area contributed by atoms with Crippen LogP contribution in [0.5, 0.6) is 0 Å². The van der Waals surface area contributed by atoms with Gasteiger partial charge in [0, 0.05) is 43.8 Å². The van der Waals surface area contributed by atoms with Crippen LogP contribution >= 0.6 is 0 Å². The molecule has 0 aliphatic rings. The minimum atomic E-state index is 0.464. The number of aromatic nitrogens is 8. The SMILES string of the molecule is c1ccc(-c2nc(-c3ccccc3)nc(-n3c4ccc(-c5ccc6c(c5)c5c7ccccc7oc5n6-c5nc(-c6ccccc6)nc(-c6ccccc6)n5)cc4c4c5ccccc5oc43)n2)cc1. The number of hydrogen-bond acceptors (Lipinski definition) is 8. The lowest BCUT2D eigenvalue weighted by Crippen LogP contribution is -2.06. The van der Waals surface area contributed by atoms with Gasteiger partial charge in [-0.2, -0.15) is 19.9 Å². The molecular weight excluding hydrogens is 841 g/mol. The van der Waals surface area contributed by atoms with Crippen molar-refractivity contribution in [1.29, 1.82) is 0 Å². The Balaban J connectivity index is 0.989. The van der Waals surface area contributed by atoms with Gasteiger partial charge in [-0.1, -0.05) is 170 Å². The fraction of sp³-hybridized carbons (Fsp3) is 0. The van der Waals surface area contributed by atoms with Crippen LogP contribution in [0.2, 0.25) is 0 Å². The first-order valence-corrected chi connectivity index (χ1v) is 22.4. The maximum Gasteiger partial charge on any atom is 0.241 e. The molecule has 0 amide bonds. The summed E-state index contributed by atoms with van der Waals surface area (Å²) in [6.45, 7) is 0. The third-order valence-electron chi connectivity index (χ3n) is 12.7. The monoisotopic (exact) mass is 874 g/mol. The Morgan fingerprint density at radius 2 is 0.603 bits per heavy atom. The van der Waals surface area contributed by atoms with Gasteiger partial charge in [-0.25, -0.2) is 19.1 Å². The topological polar surface area (TPSA) is 113 Å². The smallest absolute Gasteiger partial charge is 0.241 e. The molecule has 0 fully saturated rings. The Bertz CT molecular complexity index is 3860. The molecule has 0 N–H and O–H groups in total. The van der Waals surface area contributed by atoms with Crippen molar-refractivity contribution in [2.75, 3.05) is 0 Å². The summed E-state index contributed by atoms with van der Waals surface area (Å²) in [6, 6.07) is 69.5. The average molecular weight is 875 g/mol. The van der Waals surface area contributed by atoms with Crippen molar-refractivity contribution in [3.05, 3.63) is 206 Å². The van der Waals surface area contributed by atoms with Gasteiger partial charge in [-0.15, -0.1) is 0 Å². The largest absolute Gasteiger partial charge is 0.439 e. The molecule has 6 aromatic heterocycles. The molecule has 0 unspecified atom stereocenters. The molecule has 8 aromatic carbocycles. The lowest BCUT2D eigenvalue weighted by Gasteiger charge is -2.11. The van der Waals surface area contributed by atoms with Gasteiger partial charge in [0.15, 0.2) is 23.3 Å². The van der Waals surface area contributed by atoms with Gasteiger partial charge < -0.3 is 8.83 Å². The van der Waals surface area contributed by atoms with Gasteiger partial charge in [0.25, 0.3) is 0 Å². The highest BCUT2D eigenvalue weighted by atomic mass is 16.3. The summed E-state index contributed by atoms with van der Waals surface area (Å²) in [6.07, 6.45) is 0. The van der Waals surface area contributed by atoms with Gasteiger partial charge in [0.2, 0.25) is 23.3 Å². The van der Waals surface area contributed by atoms with Crippen LogP contribution in [0, 0.1) is 0 Å². The summed E-state index contributed by atoms with van der Waals surface area (Å²) in [5, 5.41) is 5.99. The van der Waals surface area contributed by atoms with Crippen LogP contribution in [0.15, 0.2) is 215 Å². The van der Waals surface area contributed by atoms with E-state index in [0.29, 0.717) is 46.6 Å². The first kappa shape index (κ1) is 37.8. The molecule has 6 heterocycles. The van der Waals surface area contributed by atoms with E-state index in [1.165, 1.54) is 0 Å². The predicted molar refractivity (Wildman–Crippen MR) is 269 cm³/mol. The van der Waals surface area contributed by atoms with Crippen molar-refractivity contribution in [2.45, 2.75) is 0 Å². The molecule has 0 atom stereocenters. The number of furan rings is 2. The third-order valence-corrected chi connectivity index (χ3v) is 12.7. The van der Waals surface area contributed by atoms with Crippen LogP contribution in [-0.4, -0.2) is 39.0 Å². The Kier molecular flexibility index (Phi) is 8.34. The Labute approximate surface area is 387 Å². The molecule has 14 aromatic rings. The number of rotatable bonds is 7. The van der Waals surface area contributed by atoms with Gasteiger partial charge in [0.05, 0.1) is 21.8 Å². The highest BCUT2D eigenvalue weighted by Gasteiger charge is 2.25. The second-order valence-electron chi connectivity index (χ2n) is 16.7. The zero-order valence-corrected chi connectivity index (χ0v) is 36.0. The Hall–Kier alpha value is -9.54. The molecule has 0 aliphatic carbocycles. The first-order valence-electron chi connectivity index (χ1n) is 22.4. The van der Waals surface area contributed by atoms with E-state index in [1.54, 1.807) is 0 Å². The fourth-order valence-corrected chi connectivity index (χ4v) is 9.53. The molecule has 10 nitrogen and oxygen atoms in total. The molecule has 318 valence electrons. The van der Waals surface area contributed by atoms with E-state index < -0.39 is 0 Å². The number of hydrogen-bond donors (Lipinski definition) is 0. The summed E-state index contributed by atoms with van der Waals surface area (Å²) in [7, 11) is 0. The summed E-state index contributed by atoms with van der Waals surface area (Å²) in [5.74, 6) is 3.21. The molecule has 0 saturated carbocycles. The standard InChI is InChI=1S/C58H34N8O2/c1-5-17-35(18-6-1)51-59-52(36-19-7-2-8-20-36)62-57(61-51)65-45-31-29-39(33-43(45)49-41-25-13-15-27-47(41)67-55(49)65)40-30-32-46-44(34-40)50-42-26-14-16-28-48(42)68-56(50)66(46)58-63-53(37-21-9-3-10-22-37)60-54(64-58)38-23-11-4-12-24-38/h1-34H. The van der Waals surface area contributed by atoms with Crippen LogP contribution in [-0.2, 0) is 0 Å². The lowest BCUT2D eigenvalue weighted by molar-refractivity contribution is 0.640. The molecule has 0 bridgehead atoms.